The van der Waals surface area contributed by atoms with E-state index >= 15 is 0 Å². The Morgan fingerprint density at radius 1 is 0.974 bits per heavy atom. The Morgan fingerprint density at radius 2 is 1.67 bits per heavy atom. The van der Waals surface area contributed by atoms with Crippen molar-refractivity contribution in [3.63, 3.8) is 0 Å². The van der Waals surface area contributed by atoms with Gasteiger partial charge in [-0.2, -0.15) is 0 Å². The number of sulfone groups is 1. The van der Waals surface area contributed by atoms with Crippen LogP contribution in [-0.4, -0.2) is 56.7 Å². The van der Waals surface area contributed by atoms with Gasteiger partial charge in [0.15, 0.2) is 0 Å². The average Bonchev–Trinajstić information content (AvgIpc) is 2.91. The first kappa shape index (κ1) is 30.0. The second-order valence-electron chi connectivity index (χ2n) is 9.35. The lowest BCUT2D eigenvalue weighted by Crippen LogP contribution is -2.42. The lowest BCUT2D eigenvalue weighted by atomic mass is 9.93. The zero-order chi connectivity index (χ0) is 28.4. The van der Waals surface area contributed by atoms with Gasteiger partial charge in [-0.05, 0) is 60.2 Å². The molecular weight excluding hydrogens is 518 g/mol. The van der Waals surface area contributed by atoms with Gasteiger partial charge in [0.25, 0.3) is 5.91 Å². The summed E-state index contributed by atoms with van der Waals surface area (Å²) in [6.45, 7) is 5.08. The molecule has 3 aromatic rings. The molecule has 39 heavy (non-hydrogen) atoms. The van der Waals surface area contributed by atoms with Crippen molar-refractivity contribution in [1.82, 2.24) is 5.32 Å². The number of aryl methyl sites for hydroxylation is 1. The number of benzene rings is 3. The zero-order valence-corrected chi connectivity index (χ0v) is 23.2. The molecule has 9 heteroatoms. The maximum atomic E-state index is 13.3. The van der Waals surface area contributed by atoms with Gasteiger partial charge in [-0.15, -0.1) is 0 Å². The molecule has 0 heterocycles. The summed E-state index contributed by atoms with van der Waals surface area (Å²) in [5, 5.41) is 12.1. The molecule has 3 rings (SSSR count). The van der Waals surface area contributed by atoms with Crippen LogP contribution in [-0.2, 0) is 30.7 Å². The quantitative estimate of drug-likeness (QED) is 0.300. The topological polar surface area (TPSA) is 119 Å². The van der Waals surface area contributed by atoms with Gasteiger partial charge in [-0.3, -0.25) is 4.79 Å². The fourth-order valence-corrected chi connectivity index (χ4v) is 4.80. The second kappa shape index (κ2) is 14.0. The number of carbonyl (C=O) groups excluding carboxylic acids is 1. The van der Waals surface area contributed by atoms with Gasteiger partial charge >= 0.3 is 5.97 Å². The van der Waals surface area contributed by atoms with Crippen molar-refractivity contribution in [3.8, 4) is 11.1 Å². The van der Waals surface area contributed by atoms with E-state index in [9.17, 15) is 23.1 Å². The van der Waals surface area contributed by atoms with Crippen molar-refractivity contribution in [2.45, 2.75) is 39.0 Å². The van der Waals surface area contributed by atoms with Gasteiger partial charge in [0.05, 0.1) is 19.0 Å². The molecule has 0 aromatic heterocycles. The van der Waals surface area contributed by atoms with Crippen molar-refractivity contribution in [2.75, 3.05) is 25.2 Å². The Morgan fingerprint density at radius 3 is 2.31 bits per heavy atom. The molecule has 208 valence electrons. The molecule has 3 aromatic carbocycles. The van der Waals surface area contributed by atoms with Crippen LogP contribution >= 0.6 is 0 Å². The number of rotatable bonds is 14. The molecule has 0 spiro atoms. The molecule has 0 aliphatic carbocycles. The fraction of sp³-hybridized carbons (Fsp3) is 0.333. The van der Waals surface area contributed by atoms with Crippen molar-refractivity contribution in [3.05, 3.63) is 95.1 Å². The van der Waals surface area contributed by atoms with E-state index in [0.717, 1.165) is 28.5 Å². The highest BCUT2D eigenvalue weighted by Crippen LogP contribution is 2.29. The molecule has 0 bridgehead atoms. The Kier molecular flexibility index (Phi) is 10.8. The molecule has 0 fully saturated rings. The lowest BCUT2D eigenvalue weighted by molar-refractivity contribution is -0.139. The van der Waals surface area contributed by atoms with Crippen molar-refractivity contribution < 1.29 is 32.6 Å². The summed E-state index contributed by atoms with van der Waals surface area (Å²) in [6, 6.07) is 21.3. The van der Waals surface area contributed by atoms with E-state index in [4.69, 9.17) is 9.47 Å². The molecule has 0 saturated carbocycles. The molecule has 0 aliphatic heterocycles. The van der Waals surface area contributed by atoms with Gasteiger partial charge in [-0.25, -0.2) is 13.2 Å². The summed E-state index contributed by atoms with van der Waals surface area (Å²) in [5.74, 6) is -2.24. The molecule has 0 aliphatic rings. The Labute approximate surface area is 229 Å². The predicted molar refractivity (Wildman–Crippen MR) is 150 cm³/mol. The average molecular weight is 554 g/mol. The van der Waals surface area contributed by atoms with E-state index in [1.165, 1.54) is 0 Å². The van der Waals surface area contributed by atoms with E-state index in [1.807, 2.05) is 74.5 Å². The molecule has 0 saturated heterocycles. The number of carboxylic acid groups (broad SMARTS) is 1. The molecule has 8 nitrogen and oxygen atoms in total. The highest BCUT2D eigenvalue weighted by molar-refractivity contribution is 7.90. The van der Waals surface area contributed by atoms with E-state index in [0.29, 0.717) is 18.8 Å². The first-order valence-corrected chi connectivity index (χ1v) is 14.8. The number of hydrogen-bond acceptors (Lipinski definition) is 6. The first-order valence-electron chi connectivity index (χ1n) is 12.7. The van der Waals surface area contributed by atoms with E-state index < -0.39 is 27.8 Å². The third kappa shape index (κ3) is 9.02. The van der Waals surface area contributed by atoms with Gasteiger partial charge in [0.2, 0.25) is 0 Å². The summed E-state index contributed by atoms with van der Waals surface area (Å²) in [5.41, 5.74) is 4.49. The van der Waals surface area contributed by atoms with Gasteiger partial charge in [0.1, 0.15) is 22.0 Å². The van der Waals surface area contributed by atoms with Crippen LogP contribution in [0.1, 0.15) is 46.5 Å². The lowest BCUT2D eigenvalue weighted by Gasteiger charge is -2.20. The standard InChI is InChI=1S/C30H35NO7S/c1-4-37-20-28(23-11-6-5-7-12-23)38-19-22-14-15-25(26(18-22)24-13-9-8-10-21(24)2)29(32)31-27(30(33)34)16-17-39(3,35)36/h5-15,18,27-28H,4,16-17,19-20H2,1-3H3,(H,31,32)(H,33,34). The van der Waals surface area contributed by atoms with Crippen molar-refractivity contribution >= 4 is 21.7 Å². The summed E-state index contributed by atoms with van der Waals surface area (Å²) in [4.78, 5) is 25.0. The number of carbonyl (C=O) groups is 2. The summed E-state index contributed by atoms with van der Waals surface area (Å²) in [7, 11) is -3.39. The summed E-state index contributed by atoms with van der Waals surface area (Å²) < 4.78 is 35.0. The predicted octanol–water partition coefficient (Wildman–Crippen LogP) is 4.57. The molecule has 2 unspecified atom stereocenters. The SMILES string of the molecule is CCOCC(OCc1ccc(C(=O)NC(CCS(C)(=O)=O)C(=O)O)c(-c2ccccc2C)c1)c1ccccc1. The van der Waals surface area contributed by atoms with Crippen LogP contribution < -0.4 is 5.32 Å². The fourth-order valence-electron chi connectivity index (χ4n) is 4.13. The van der Waals surface area contributed by atoms with Crippen LogP contribution in [0, 0.1) is 6.92 Å². The molecule has 2 N–H and O–H groups in total. The maximum absolute atomic E-state index is 13.3. The number of aliphatic carboxylic acids is 1. The number of hydrogen-bond donors (Lipinski definition) is 2. The maximum Gasteiger partial charge on any atom is 0.326 e. The van der Waals surface area contributed by atoms with Crippen LogP contribution in [0.5, 0.6) is 0 Å². The number of ether oxygens (including phenoxy) is 2. The van der Waals surface area contributed by atoms with E-state index in [1.54, 1.807) is 12.1 Å². The zero-order valence-electron chi connectivity index (χ0n) is 22.4. The van der Waals surface area contributed by atoms with Gasteiger partial charge in [-0.1, -0.05) is 60.7 Å². The minimum atomic E-state index is -3.39. The first-order chi connectivity index (χ1) is 18.6. The monoisotopic (exact) mass is 553 g/mol. The van der Waals surface area contributed by atoms with Crippen molar-refractivity contribution in [1.29, 1.82) is 0 Å². The number of carboxylic acids is 1. The minimum absolute atomic E-state index is 0.230. The summed E-state index contributed by atoms with van der Waals surface area (Å²) in [6.07, 6.45) is 0.524. The van der Waals surface area contributed by atoms with Crippen LogP contribution in [0.2, 0.25) is 0 Å². The van der Waals surface area contributed by atoms with E-state index in [2.05, 4.69) is 5.32 Å². The minimum Gasteiger partial charge on any atom is -0.480 e. The smallest absolute Gasteiger partial charge is 0.326 e. The van der Waals surface area contributed by atoms with Crippen LogP contribution in [0.3, 0.4) is 0 Å². The Balaban J connectivity index is 1.90. The Hall–Kier alpha value is -3.53. The molecule has 0 radical (unpaired) electrons. The van der Waals surface area contributed by atoms with Crippen LogP contribution in [0.25, 0.3) is 11.1 Å². The van der Waals surface area contributed by atoms with Crippen LogP contribution in [0.4, 0.5) is 0 Å². The normalized spacial score (nSPS) is 13.0. The largest absolute Gasteiger partial charge is 0.480 e. The third-order valence-electron chi connectivity index (χ3n) is 6.24. The number of amides is 1. The van der Waals surface area contributed by atoms with Crippen LogP contribution in [0.15, 0.2) is 72.8 Å². The summed E-state index contributed by atoms with van der Waals surface area (Å²) >= 11 is 0. The Bertz CT molecular complexity index is 1370. The van der Waals surface area contributed by atoms with E-state index in [-0.39, 0.29) is 30.4 Å². The molecular formula is C30H35NO7S. The number of nitrogens with one attached hydrogen (secondary N) is 1. The van der Waals surface area contributed by atoms with Crippen molar-refractivity contribution in [2.24, 2.45) is 0 Å². The highest BCUT2D eigenvalue weighted by atomic mass is 32.2. The third-order valence-corrected chi connectivity index (χ3v) is 7.22. The van der Waals surface area contributed by atoms with Gasteiger partial charge < -0.3 is 19.9 Å². The molecule has 2 atom stereocenters. The second-order valence-corrected chi connectivity index (χ2v) is 11.6. The van der Waals surface area contributed by atoms with Gasteiger partial charge in [0, 0.05) is 18.4 Å². The molecule has 1 amide bonds. The highest BCUT2D eigenvalue weighted by Gasteiger charge is 2.24.